The molecule has 0 saturated carbocycles. The smallest absolute Gasteiger partial charge is 0.167 e. The van der Waals surface area contributed by atoms with Crippen molar-refractivity contribution in [1.29, 1.82) is 0 Å². The zero-order chi connectivity index (χ0) is 17.3. The topological polar surface area (TPSA) is 46.5 Å². The van der Waals surface area contributed by atoms with Crippen LogP contribution < -0.4 is 0 Å². The van der Waals surface area contributed by atoms with E-state index in [0.717, 1.165) is 38.0 Å². The Morgan fingerprint density at radius 2 is 1.79 bits per heavy atom. The molecule has 2 unspecified atom stereocenters. The maximum atomic E-state index is 12.9. The van der Waals surface area contributed by atoms with E-state index in [4.69, 9.17) is 4.74 Å². The van der Waals surface area contributed by atoms with E-state index in [2.05, 4.69) is 32.9 Å². The second-order valence-corrected chi connectivity index (χ2v) is 7.20. The fourth-order valence-corrected chi connectivity index (χ4v) is 4.29. The van der Waals surface area contributed by atoms with E-state index in [1.165, 1.54) is 16.7 Å². The number of aliphatic hydroxyl groups is 1. The molecule has 0 amide bonds. The van der Waals surface area contributed by atoms with Crippen LogP contribution in [0.5, 0.6) is 0 Å². The Balaban J connectivity index is 2.02. The van der Waals surface area contributed by atoms with Crippen molar-refractivity contribution in [3.05, 3.63) is 40.1 Å². The van der Waals surface area contributed by atoms with Gasteiger partial charge in [-0.25, -0.2) is 0 Å². The fourth-order valence-electron chi connectivity index (χ4n) is 4.29. The lowest BCUT2D eigenvalue weighted by molar-refractivity contribution is -0.115. The Morgan fingerprint density at radius 1 is 1.12 bits per heavy atom. The highest BCUT2D eigenvalue weighted by Crippen LogP contribution is 2.40. The van der Waals surface area contributed by atoms with Gasteiger partial charge in [-0.15, -0.1) is 0 Å². The van der Waals surface area contributed by atoms with Crippen LogP contribution in [-0.4, -0.2) is 24.1 Å². The molecule has 1 aliphatic carbocycles. The summed E-state index contributed by atoms with van der Waals surface area (Å²) in [6.07, 6.45) is 3.89. The Morgan fingerprint density at radius 3 is 2.29 bits per heavy atom. The number of benzene rings is 1. The van der Waals surface area contributed by atoms with Crippen molar-refractivity contribution in [2.24, 2.45) is 11.8 Å². The predicted octanol–water partition coefficient (Wildman–Crippen LogP) is 4.40. The van der Waals surface area contributed by atoms with Gasteiger partial charge >= 0.3 is 0 Å². The summed E-state index contributed by atoms with van der Waals surface area (Å²) in [6, 6.07) is 4.30. The largest absolute Gasteiger partial charge is 0.512 e. The van der Waals surface area contributed by atoms with Gasteiger partial charge in [0.1, 0.15) is 5.76 Å². The summed E-state index contributed by atoms with van der Waals surface area (Å²) in [5.41, 5.74) is 5.14. The first kappa shape index (κ1) is 17.2. The summed E-state index contributed by atoms with van der Waals surface area (Å²) in [6.45, 7) is 7.83. The second-order valence-electron chi connectivity index (χ2n) is 7.20. The maximum Gasteiger partial charge on any atom is 0.167 e. The summed E-state index contributed by atoms with van der Waals surface area (Å²) < 4.78 is 5.47. The second kappa shape index (κ2) is 7.10. The van der Waals surface area contributed by atoms with Crippen molar-refractivity contribution in [2.45, 2.75) is 52.9 Å². The zero-order valence-electron chi connectivity index (χ0n) is 15.0. The molecule has 0 bridgehead atoms. The van der Waals surface area contributed by atoms with Gasteiger partial charge in [-0.1, -0.05) is 31.5 Å². The number of Topliss-reactive ketones (excluding diaryl/α,β-unsaturated/α-hetero) is 1. The minimum absolute atomic E-state index is 0.101. The van der Waals surface area contributed by atoms with E-state index in [0.29, 0.717) is 24.3 Å². The van der Waals surface area contributed by atoms with Crippen molar-refractivity contribution in [3.8, 4) is 0 Å². The average molecular weight is 328 g/mol. The van der Waals surface area contributed by atoms with Crippen molar-refractivity contribution >= 4 is 11.4 Å². The highest BCUT2D eigenvalue weighted by molar-refractivity contribution is 6.22. The molecule has 1 N–H and O–H groups in total. The molecule has 2 atom stereocenters. The van der Waals surface area contributed by atoms with Crippen LogP contribution in [-0.2, 0) is 22.4 Å². The summed E-state index contributed by atoms with van der Waals surface area (Å²) in [5, 5.41) is 10.8. The molecule has 1 aromatic carbocycles. The number of hydrogen-bond donors (Lipinski definition) is 1. The van der Waals surface area contributed by atoms with E-state index >= 15 is 0 Å². The Bertz CT molecular complexity index is 641. The molecule has 0 radical (unpaired) electrons. The molecule has 24 heavy (non-hydrogen) atoms. The molecule has 2 aliphatic rings. The molecule has 1 heterocycles. The van der Waals surface area contributed by atoms with Crippen LogP contribution in [0.1, 0.15) is 55.4 Å². The van der Waals surface area contributed by atoms with Crippen LogP contribution in [0.15, 0.2) is 17.9 Å². The fraction of sp³-hybridized carbons (Fsp3) is 0.571. The highest BCUT2D eigenvalue weighted by Gasteiger charge is 2.35. The average Bonchev–Trinajstić information content (AvgIpc) is 3.09. The third-order valence-electron chi connectivity index (χ3n) is 5.56. The van der Waals surface area contributed by atoms with Crippen molar-refractivity contribution in [1.82, 2.24) is 0 Å². The highest BCUT2D eigenvalue weighted by atomic mass is 16.5. The Labute approximate surface area is 144 Å². The minimum Gasteiger partial charge on any atom is -0.512 e. The van der Waals surface area contributed by atoms with Crippen LogP contribution in [0.4, 0.5) is 0 Å². The van der Waals surface area contributed by atoms with Crippen LogP contribution in [0.2, 0.25) is 0 Å². The van der Waals surface area contributed by atoms with Gasteiger partial charge in [0.25, 0.3) is 0 Å². The molecule has 1 aromatic rings. The van der Waals surface area contributed by atoms with Crippen LogP contribution >= 0.6 is 0 Å². The number of ketones is 1. The number of carbonyl (C=O) groups is 1. The first-order chi connectivity index (χ1) is 11.5. The summed E-state index contributed by atoms with van der Waals surface area (Å²) in [5.74, 6) is 1.02. The number of rotatable bonds is 4. The van der Waals surface area contributed by atoms with Crippen LogP contribution in [0.25, 0.3) is 5.57 Å². The van der Waals surface area contributed by atoms with Crippen molar-refractivity contribution < 1.29 is 14.6 Å². The molecular formula is C21H28O3. The third kappa shape index (κ3) is 3.14. The lowest BCUT2D eigenvalue weighted by Crippen LogP contribution is -2.26. The normalized spacial score (nSPS) is 24.7. The molecule has 1 fully saturated rings. The molecule has 1 saturated heterocycles. The van der Waals surface area contributed by atoms with Gasteiger partial charge in [0.05, 0.1) is 5.57 Å². The standard InChI is InChI=1S/C21H28O3/c1-4-14-8-13(3)9-15(5-2)20(14)21-18(22)10-17(11-19(21)23)16-6-7-24-12-16/h8-9,16-17,22H,4-7,10-12H2,1-3H3. The zero-order valence-corrected chi connectivity index (χ0v) is 15.0. The number of aliphatic hydroxyl groups excluding tert-OH is 1. The molecule has 3 rings (SSSR count). The monoisotopic (exact) mass is 328 g/mol. The number of aryl methyl sites for hydroxylation is 3. The van der Waals surface area contributed by atoms with E-state index in [1.54, 1.807) is 0 Å². The minimum atomic E-state index is 0.101. The Hall–Kier alpha value is -1.61. The van der Waals surface area contributed by atoms with Crippen molar-refractivity contribution in [3.63, 3.8) is 0 Å². The molecule has 3 nitrogen and oxygen atoms in total. The maximum absolute atomic E-state index is 12.9. The lowest BCUT2D eigenvalue weighted by Gasteiger charge is -2.29. The SMILES string of the molecule is CCc1cc(C)cc(CC)c1C1=C(O)CC(C2CCOC2)CC1=O. The first-order valence-corrected chi connectivity index (χ1v) is 9.20. The molecule has 0 spiro atoms. The Kier molecular flexibility index (Phi) is 5.09. The number of hydrogen-bond acceptors (Lipinski definition) is 3. The molecule has 0 aromatic heterocycles. The quantitative estimate of drug-likeness (QED) is 0.891. The first-order valence-electron chi connectivity index (χ1n) is 9.20. The van der Waals surface area contributed by atoms with Crippen LogP contribution in [0.3, 0.4) is 0 Å². The van der Waals surface area contributed by atoms with Gasteiger partial charge in [-0.3, -0.25) is 4.79 Å². The van der Waals surface area contributed by atoms with Crippen LogP contribution in [0, 0.1) is 18.8 Å². The van der Waals surface area contributed by atoms with E-state index in [9.17, 15) is 9.90 Å². The van der Waals surface area contributed by atoms with E-state index in [-0.39, 0.29) is 17.5 Å². The molecular weight excluding hydrogens is 300 g/mol. The van der Waals surface area contributed by atoms with Gasteiger partial charge in [0.15, 0.2) is 5.78 Å². The van der Waals surface area contributed by atoms with Gasteiger partial charge in [-0.2, -0.15) is 0 Å². The summed E-state index contributed by atoms with van der Waals surface area (Å²) in [4.78, 5) is 12.9. The van der Waals surface area contributed by atoms with Gasteiger partial charge in [-0.05, 0) is 54.7 Å². The van der Waals surface area contributed by atoms with Gasteiger partial charge in [0, 0.05) is 26.1 Å². The van der Waals surface area contributed by atoms with E-state index < -0.39 is 0 Å². The third-order valence-corrected chi connectivity index (χ3v) is 5.56. The predicted molar refractivity (Wildman–Crippen MR) is 96.1 cm³/mol. The van der Waals surface area contributed by atoms with Gasteiger partial charge in [0.2, 0.25) is 0 Å². The van der Waals surface area contributed by atoms with Gasteiger partial charge < -0.3 is 9.84 Å². The number of ether oxygens (including phenoxy) is 1. The molecule has 3 heteroatoms. The van der Waals surface area contributed by atoms with E-state index in [1.807, 2.05) is 0 Å². The number of allylic oxidation sites excluding steroid dienone is 2. The van der Waals surface area contributed by atoms with Crippen molar-refractivity contribution in [2.75, 3.05) is 13.2 Å². The molecule has 1 aliphatic heterocycles. The summed E-state index contributed by atoms with van der Waals surface area (Å²) in [7, 11) is 0. The molecule has 130 valence electrons. The lowest BCUT2D eigenvalue weighted by atomic mass is 9.75. The number of carbonyl (C=O) groups excluding carboxylic acids is 1. The summed E-state index contributed by atoms with van der Waals surface area (Å²) >= 11 is 0.